The van der Waals surface area contributed by atoms with Crippen molar-refractivity contribution in [3.8, 4) is 5.95 Å². The van der Waals surface area contributed by atoms with Crippen LogP contribution in [0.3, 0.4) is 0 Å². The van der Waals surface area contributed by atoms with E-state index in [1.54, 1.807) is 29.2 Å². The second kappa shape index (κ2) is 8.83. The molecule has 9 heteroatoms. The summed E-state index contributed by atoms with van der Waals surface area (Å²) in [5.74, 6) is 0.553. The summed E-state index contributed by atoms with van der Waals surface area (Å²) < 4.78 is 1.76. The second-order valence-corrected chi connectivity index (χ2v) is 6.69. The third-order valence-electron chi connectivity index (χ3n) is 3.75. The van der Waals surface area contributed by atoms with E-state index in [4.69, 9.17) is 23.2 Å². The maximum Gasteiger partial charge on any atom is 0.315 e. The zero-order valence-electron chi connectivity index (χ0n) is 14.6. The molecular weight excluding hydrogens is 387 g/mol. The van der Waals surface area contributed by atoms with Gasteiger partial charge in [-0.25, -0.2) is 19.7 Å². The molecule has 140 valence electrons. The molecule has 2 heterocycles. The van der Waals surface area contributed by atoms with Crippen LogP contribution in [0, 0.1) is 6.92 Å². The number of nitrogens with zero attached hydrogens (tertiary/aromatic N) is 4. The number of rotatable bonds is 6. The number of nitrogens with one attached hydrogen (secondary N) is 2. The van der Waals surface area contributed by atoms with Gasteiger partial charge in [0.1, 0.15) is 6.33 Å². The summed E-state index contributed by atoms with van der Waals surface area (Å²) in [7, 11) is 0. The average Bonchev–Trinajstić information content (AvgIpc) is 3.09. The van der Waals surface area contributed by atoms with E-state index >= 15 is 0 Å². The summed E-state index contributed by atoms with van der Waals surface area (Å²) in [6, 6.07) is 6.80. The van der Waals surface area contributed by atoms with E-state index in [2.05, 4.69) is 25.6 Å². The van der Waals surface area contributed by atoms with Gasteiger partial charge >= 0.3 is 6.03 Å². The molecule has 0 aliphatic carbocycles. The number of imidazole rings is 1. The molecule has 0 saturated heterocycles. The number of halogens is 2. The molecule has 0 spiro atoms. The fourth-order valence-electron chi connectivity index (χ4n) is 2.38. The van der Waals surface area contributed by atoms with Crippen molar-refractivity contribution in [2.45, 2.75) is 19.9 Å². The van der Waals surface area contributed by atoms with Gasteiger partial charge < -0.3 is 10.6 Å². The lowest BCUT2D eigenvalue weighted by atomic mass is 10.2. The first-order valence-corrected chi connectivity index (χ1v) is 9.05. The largest absolute Gasteiger partial charge is 0.338 e. The van der Waals surface area contributed by atoms with Gasteiger partial charge in [0.05, 0.1) is 15.7 Å². The SMILES string of the molecule is Cc1cn(-c2nccc(CCNC(=O)NCc3ccc(Cl)c(Cl)c3)n2)cn1. The molecule has 0 unspecified atom stereocenters. The number of carbonyl (C=O) groups excluding carboxylic acids is 1. The maximum atomic E-state index is 11.9. The first kappa shape index (κ1) is 19.1. The number of amides is 2. The van der Waals surface area contributed by atoms with E-state index < -0.39 is 0 Å². The molecule has 2 aromatic heterocycles. The normalized spacial score (nSPS) is 10.6. The molecule has 0 atom stereocenters. The zero-order chi connectivity index (χ0) is 19.2. The van der Waals surface area contributed by atoms with Crippen LogP contribution in [0.4, 0.5) is 4.79 Å². The summed E-state index contributed by atoms with van der Waals surface area (Å²) >= 11 is 11.8. The molecule has 7 nitrogen and oxygen atoms in total. The van der Waals surface area contributed by atoms with E-state index in [0.29, 0.717) is 35.5 Å². The summed E-state index contributed by atoms with van der Waals surface area (Å²) in [5, 5.41) is 6.53. The van der Waals surface area contributed by atoms with E-state index in [0.717, 1.165) is 17.0 Å². The van der Waals surface area contributed by atoms with Crippen LogP contribution in [-0.4, -0.2) is 32.1 Å². The van der Waals surface area contributed by atoms with Crippen LogP contribution in [0.1, 0.15) is 17.0 Å². The Labute approximate surface area is 166 Å². The highest BCUT2D eigenvalue weighted by Crippen LogP contribution is 2.22. The third kappa shape index (κ3) is 5.42. The average molecular weight is 405 g/mol. The molecule has 1 aromatic carbocycles. The Morgan fingerprint density at radius 3 is 2.74 bits per heavy atom. The highest BCUT2D eigenvalue weighted by molar-refractivity contribution is 6.42. The zero-order valence-corrected chi connectivity index (χ0v) is 16.1. The number of hydrogen-bond donors (Lipinski definition) is 2. The van der Waals surface area contributed by atoms with Gasteiger partial charge in [-0.2, -0.15) is 0 Å². The van der Waals surface area contributed by atoms with Crippen molar-refractivity contribution < 1.29 is 4.79 Å². The quantitative estimate of drug-likeness (QED) is 0.659. The van der Waals surface area contributed by atoms with Gasteiger partial charge in [0.25, 0.3) is 0 Å². The smallest absolute Gasteiger partial charge is 0.315 e. The van der Waals surface area contributed by atoms with Crippen molar-refractivity contribution in [2.75, 3.05) is 6.54 Å². The Morgan fingerprint density at radius 2 is 2.00 bits per heavy atom. The molecule has 0 radical (unpaired) electrons. The van der Waals surface area contributed by atoms with E-state index in [-0.39, 0.29) is 6.03 Å². The van der Waals surface area contributed by atoms with Gasteiger partial charge in [0, 0.05) is 37.6 Å². The molecule has 0 aliphatic rings. The van der Waals surface area contributed by atoms with Crippen LogP contribution in [-0.2, 0) is 13.0 Å². The third-order valence-corrected chi connectivity index (χ3v) is 4.49. The Kier molecular flexibility index (Phi) is 6.26. The molecule has 0 fully saturated rings. The summed E-state index contributed by atoms with van der Waals surface area (Å²) in [5.41, 5.74) is 2.59. The molecular formula is C18H18Cl2N6O. The highest BCUT2D eigenvalue weighted by Gasteiger charge is 2.05. The molecule has 0 saturated carbocycles. The van der Waals surface area contributed by atoms with Crippen molar-refractivity contribution in [1.29, 1.82) is 0 Å². The monoisotopic (exact) mass is 404 g/mol. The summed E-state index contributed by atoms with van der Waals surface area (Å²) in [4.78, 5) is 24.8. The standard InChI is InChI=1S/C18H18Cl2N6O/c1-12-10-26(11-24-12)17-21-6-4-14(25-17)5-7-22-18(27)23-9-13-2-3-15(19)16(20)8-13/h2-4,6,8,10-11H,5,7,9H2,1H3,(H2,22,23,27). The summed E-state index contributed by atoms with van der Waals surface area (Å²) in [6.07, 6.45) is 5.80. The molecule has 3 rings (SSSR count). The van der Waals surface area contributed by atoms with Gasteiger partial charge in [-0.15, -0.1) is 0 Å². The van der Waals surface area contributed by atoms with Crippen LogP contribution in [0.2, 0.25) is 10.0 Å². The van der Waals surface area contributed by atoms with Gasteiger partial charge in [0.15, 0.2) is 0 Å². The van der Waals surface area contributed by atoms with Gasteiger partial charge in [0.2, 0.25) is 5.95 Å². The van der Waals surface area contributed by atoms with Crippen molar-refractivity contribution >= 4 is 29.2 Å². The number of aryl methyl sites for hydroxylation is 1. The lowest BCUT2D eigenvalue weighted by molar-refractivity contribution is 0.240. The second-order valence-electron chi connectivity index (χ2n) is 5.88. The van der Waals surface area contributed by atoms with Crippen LogP contribution >= 0.6 is 23.2 Å². The van der Waals surface area contributed by atoms with Crippen LogP contribution < -0.4 is 10.6 Å². The van der Waals surface area contributed by atoms with E-state index in [1.165, 1.54) is 0 Å². The first-order valence-electron chi connectivity index (χ1n) is 8.30. The number of aromatic nitrogens is 4. The minimum Gasteiger partial charge on any atom is -0.338 e. The fraction of sp³-hybridized carbons (Fsp3) is 0.222. The number of urea groups is 1. The lowest BCUT2D eigenvalue weighted by Crippen LogP contribution is -2.36. The Bertz CT molecular complexity index is 943. The van der Waals surface area contributed by atoms with Gasteiger partial charge in [-0.1, -0.05) is 29.3 Å². The topological polar surface area (TPSA) is 84.7 Å². The van der Waals surface area contributed by atoms with Crippen molar-refractivity contribution in [1.82, 2.24) is 30.2 Å². The van der Waals surface area contributed by atoms with Gasteiger partial charge in [-0.05, 0) is 30.7 Å². The molecule has 3 aromatic rings. The first-order chi connectivity index (χ1) is 13.0. The van der Waals surface area contributed by atoms with Gasteiger partial charge in [-0.3, -0.25) is 4.57 Å². The Morgan fingerprint density at radius 1 is 1.15 bits per heavy atom. The fourth-order valence-corrected chi connectivity index (χ4v) is 2.70. The molecule has 2 amide bonds. The predicted molar refractivity (Wildman–Crippen MR) is 104 cm³/mol. The van der Waals surface area contributed by atoms with Crippen LogP contribution in [0.5, 0.6) is 0 Å². The van der Waals surface area contributed by atoms with Crippen molar-refractivity contribution in [3.63, 3.8) is 0 Å². The molecule has 27 heavy (non-hydrogen) atoms. The van der Waals surface area contributed by atoms with Crippen LogP contribution in [0.15, 0.2) is 43.0 Å². The molecule has 0 bridgehead atoms. The molecule has 0 aliphatic heterocycles. The highest BCUT2D eigenvalue weighted by atomic mass is 35.5. The predicted octanol–water partition coefficient (Wildman–Crippen LogP) is 3.32. The summed E-state index contributed by atoms with van der Waals surface area (Å²) in [6.45, 7) is 2.72. The van der Waals surface area contributed by atoms with E-state index in [1.807, 2.05) is 25.3 Å². The number of benzene rings is 1. The minimum atomic E-state index is -0.263. The molecule has 2 N–H and O–H groups in total. The van der Waals surface area contributed by atoms with E-state index in [9.17, 15) is 4.79 Å². The lowest BCUT2D eigenvalue weighted by Gasteiger charge is -2.09. The maximum absolute atomic E-state index is 11.9. The van der Waals surface area contributed by atoms with Crippen LogP contribution in [0.25, 0.3) is 5.95 Å². The number of carbonyl (C=O) groups is 1. The Balaban J connectivity index is 1.46. The number of hydrogen-bond acceptors (Lipinski definition) is 4. The van der Waals surface area contributed by atoms with Crippen molar-refractivity contribution in [2.24, 2.45) is 0 Å². The minimum absolute atomic E-state index is 0.263. The Hall–Kier alpha value is -2.64. The van der Waals surface area contributed by atoms with Crippen molar-refractivity contribution in [3.05, 3.63) is 70.0 Å².